The lowest BCUT2D eigenvalue weighted by atomic mass is 10.1. The molecule has 5 heteroatoms. The van der Waals surface area contributed by atoms with Gasteiger partial charge in [-0.3, -0.25) is 4.21 Å². The Morgan fingerprint density at radius 1 is 1.33 bits per heavy atom. The quantitative estimate of drug-likeness (QED) is 0.845. The molecule has 1 heterocycles. The van der Waals surface area contributed by atoms with Crippen molar-refractivity contribution in [2.24, 2.45) is 0 Å². The van der Waals surface area contributed by atoms with E-state index in [0.29, 0.717) is 22.9 Å². The van der Waals surface area contributed by atoms with Crippen molar-refractivity contribution in [3.8, 4) is 5.75 Å². The number of aryl methyl sites for hydroxylation is 1. The van der Waals surface area contributed by atoms with E-state index >= 15 is 0 Å². The highest BCUT2D eigenvalue weighted by atomic mass is 79.9. The second-order valence-electron chi connectivity index (χ2n) is 5.18. The largest absolute Gasteiger partial charge is 0.493 e. The number of hydrogen-bond donors (Lipinski definition) is 1. The number of nitrogen functional groups attached to an aromatic ring is 1. The van der Waals surface area contributed by atoms with E-state index in [9.17, 15) is 4.21 Å². The highest BCUT2D eigenvalue weighted by Crippen LogP contribution is 2.34. The monoisotopic (exact) mass is 365 g/mol. The third-order valence-corrected chi connectivity index (χ3v) is 5.42. The van der Waals surface area contributed by atoms with Gasteiger partial charge in [0, 0.05) is 22.1 Å². The molecule has 0 saturated heterocycles. The molecule has 21 heavy (non-hydrogen) atoms. The van der Waals surface area contributed by atoms with Crippen LogP contribution in [0.2, 0.25) is 0 Å². The van der Waals surface area contributed by atoms with Gasteiger partial charge < -0.3 is 10.5 Å². The van der Waals surface area contributed by atoms with Gasteiger partial charge in [0.25, 0.3) is 0 Å². The van der Waals surface area contributed by atoms with E-state index in [-0.39, 0.29) is 0 Å². The van der Waals surface area contributed by atoms with Crippen LogP contribution in [0.15, 0.2) is 39.7 Å². The molecule has 0 radical (unpaired) electrons. The van der Waals surface area contributed by atoms with Crippen LogP contribution >= 0.6 is 15.9 Å². The van der Waals surface area contributed by atoms with Gasteiger partial charge >= 0.3 is 0 Å². The molecule has 0 spiro atoms. The van der Waals surface area contributed by atoms with Crippen LogP contribution in [0.5, 0.6) is 5.75 Å². The summed E-state index contributed by atoms with van der Waals surface area (Å²) in [6.45, 7) is 2.66. The standard InChI is InChI=1S/C16H16BrNO2S/c1-10-2-3-15(14(18)6-10)21(19)9-12-8-13(17)7-11-4-5-20-16(11)12/h2-3,6-8H,4-5,9,18H2,1H3. The number of ether oxygens (including phenoxy) is 1. The summed E-state index contributed by atoms with van der Waals surface area (Å²) < 4.78 is 19.3. The smallest absolute Gasteiger partial charge is 0.126 e. The SMILES string of the molecule is Cc1ccc(S(=O)Cc2cc(Br)cc3c2OCC3)c(N)c1. The first-order valence-corrected chi connectivity index (χ1v) is 8.84. The van der Waals surface area contributed by atoms with Gasteiger partial charge in [-0.05, 0) is 42.3 Å². The number of halogens is 1. The lowest BCUT2D eigenvalue weighted by molar-refractivity contribution is 0.354. The Labute approximate surface area is 135 Å². The Balaban J connectivity index is 1.92. The molecule has 2 N–H and O–H groups in total. The molecule has 0 amide bonds. The summed E-state index contributed by atoms with van der Waals surface area (Å²) in [7, 11) is -1.18. The summed E-state index contributed by atoms with van der Waals surface area (Å²) in [6.07, 6.45) is 0.904. The Kier molecular flexibility index (Phi) is 4.04. The topological polar surface area (TPSA) is 52.3 Å². The van der Waals surface area contributed by atoms with Crippen LogP contribution < -0.4 is 10.5 Å². The molecule has 2 aromatic rings. The molecule has 1 aliphatic heterocycles. The van der Waals surface area contributed by atoms with E-state index in [1.54, 1.807) is 0 Å². The molecule has 110 valence electrons. The summed E-state index contributed by atoms with van der Waals surface area (Å²) in [5.74, 6) is 1.30. The molecule has 1 aliphatic rings. The molecule has 0 saturated carbocycles. The summed E-state index contributed by atoms with van der Waals surface area (Å²) in [4.78, 5) is 0.687. The first kappa shape index (κ1) is 14.6. The maximum atomic E-state index is 12.6. The number of rotatable bonds is 3. The van der Waals surface area contributed by atoms with Gasteiger partial charge in [-0.1, -0.05) is 22.0 Å². The fourth-order valence-corrected chi connectivity index (χ4v) is 4.29. The van der Waals surface area contributed by atoms with Crippen LogP contribution in [0.3, 0.4) is 0 Å². The average molecular weight is 366 g/mol. The summed E-state index contributed by atoms with van der Waals surface area (Å²) in [5, 5.41) is 0. The van der Waals surface area contributed by atoms with Gasteiger partial charge in [-0.25, -0.2) is 0 Å². The van der Waals surface area contributed by atoms with Crippen molar-refractivity contribution in [1.82, 2.24) is 0 Å². The highest BCUT2D eigenvalue weighted by molar-refractivity contribution is 9.10. The minimum Gasteiger partial charge on any atom is -0.493 e. The maximum absolute atomic E-state index is 12.6. The van der Waals surface area contributed by atoms with E-state index in [1.165, 1.54) is 5.56 Å². The number of benzene rings is 2. The third kappa shape index (κ3) is 2.99. The van der Waals surface area contributed by atoms with E-state index < -0.39 is 10.8 Å². The summed E-state index contributed by atoms with van der Waals surface area (Å²) in [6, 6.07) is 9.68. The lowest BCUT2D eigenvalue weighted by Gasteiger charge is -2.10. The molecule has 0 fully saturated rings. The fourth-order valence-electron chi connectivity index (χ4n) is 2.55. The van der Waals surface area contributed by atoms with Gasteiger partial charge in [0.2, 0.25) is 0 Å². The average Bonchev–Trinajstić information content (AvgIpc) is 2.86. The zero-order valence-electron chi connectivity index (χ0n) is 11.7. The van der Waals surface area contributed by atoms with E-state index in [2.05, 4.69) is 22.0 Å². The summed E-state index contributed by atoms with van der Waals surface area (Å²) >= 11 is 3.51. The van der Waals surface area contributed by atoms with Crippen molar-refractivity contribution < 1.29 is 8.95 Å². The summed E-state index contributed by atoms with van der Waals surface area (Å²) in [5.41, 5.74) is 9.78. The van der Waals surface area contributed by atoms with Crippen molar-refractivity contribution in [3.63, 3.8) is 0 Å². The van der Waals surface area contributed by atoms with E-state index in [0.717, 1.165) is 27.8 Å². The minimum absolute atomic E-state index is 0.412. The van der Waals surface area contributed by atoms with Gasteiger partial charge in [0.1, 0.15) is 5.75 Å². The Hall–Kier alpha value is -1.33. The van der Waals surface area contributed by atoms with Gasteiger partial charge in [0.15, 0.2) is 0 Å². The normalized spacial score (nSPS) is 14.6. The molecule has 0 aromatic heterocycles. The number of fused-ring (bicyclic) bond motifs is 1. The zero-order valence-corrected chi connectivity index (χ0v) is 14.1. The van der Waals surface area contributed by atoms with Crippen LogP contribution in [0.4, 0.5) is 5.69 Å². The molecular formula is C16H16BrNO2S. The van der Waals surface area contributed by atoms with Crippen molar-refractivity contribution in [3.05, 3.63) is 51.5 Å². The predicted molar refractivity (Wildman–Crippen MR) is 89.0 cm³/mol. The predicted octanol–water partition coefficient (Wildman–Crippen LogP) is 3.58. The van der Waals surface area contributed by atoms with Crippen LogP contribution in [0.1, 0.15) is 16.7 Å². The molecule has 2 aromatic carbocycles. The van der Waals surface area contributed by atoms with Crippen LogP contribution in [0, 0.1) is 6.92 Å². The molecule has 3 rings (SSSR count). The van der Waals surface area contributed by atoms with Gasteiger partial charge in [0.05, 0.1) is 28.1 Å². The Bertz CT molecular complexity index is 730. The van der Waals surface area contributed by atoms with E-state index in [4.69, 9.17) is 10.5 Å². The van der Waals surface area contributed by atoms with Crippen molar-refractivity contribution in [1.29, 1.82) is 0 Å². The van der Waals surface area contributed by atoms with Crippen molar-refractivity contribution in [2.45, 2.75) is 24.0 Å². The molecule has 1 unspecified atom stereocenters. The fraction of sp³-hybridized carbons (Fsp3) is 0.250. The van der Waals surface area contributed by atoms with Crippen LogP contribution in [-0.4, -0.2) is 10.8 Å². The van der Waals surface area contributed by atoms with E-state index in [1.807, 2.05) is 31.2 Å². The minimum atomic E-state index is -1.18. The Morgan fingerprint density at radius 3 is 2.90 bits per heavy atom. The second kappa shape index (κ2) is 5.81. The Morgan fingerprint density at radius 2 is 2.14 bits per heavy atom. The number of nitrogens with two attached hydrogens (primary N) is 1. The number of hydrogen-bond acceptors (Lipinski definition) is 3. The first-order valence-electron chi connectivity index (χ1n) is 6.73. The molecule has 0 bridgehead atoms. The van der Waals surface area contributed by atoms with Gasteiger partial charge in [-0.2, -0.15) is 0 Å². The molecule has 1 atom stereocenters. The molecule has 3 nitrogen and oxygen atoms in total. The molecule has 0 aliphatic carbocycles. The van der Waals surface area contributed by atoms with Gasteiger partial charge in [-0.15, -0.1) is 0 Å². The van der Waals surface area contributed by atoms with Crippen LogP contribution in [0.25, 0.3) is 0 Å². The van der Waals surface area contributed by atoms with Crippen molar-refractivity contribution in [2.75, 3.05) is 12.3 Å². The lowest BCUT2D eigenvalue weighted by Crippen LogP contribution is -2.02. The van der Waals surface area contributed by atoms with Crippen molar-refractivity contribution >= 4 is 32.4 Å². The molecular weight excluding hydrogens is 350 g/mol. The second-order valence-corrected chi connectivity index (χ2v) is 7.52. The zero-order chi connectivity index (χ0) is 15.0. The maximum Gasteiger partial charge on any atom is 0.126 e. The highest BCUT2D eigenvalue weighted by Gasteiger charge is 2.20. The van der Waals surface area contributed by atoms with Crippen LogP contribution in [-0.2, 0) is 23.0 Å². The third-order valence-electron chi connectivity index (χ3n) is 3.52. The number of anilines is 1. The first-order chi connectivity index (χ1) is 10.0.